The molecule has 7 heteroatoms. The monoisotopic (exact) mass is 386 g/mol. The smallest absolute Gasteiger partial charge is 0.260 e. The van der Waals surface area contributed by atoms with Crippen LogP contribution in [-0.4, -0.2) is 25.1 Å². The highest BCUT2D eigenvalue weighted by molar-refractivity contribution is 8.05. The van der Waals surface area contributed by atoms with Gasteiger partial charge in [-0.2, -0.15) is 0 Å². The molecular weight excluding hydrogens is 367 g/mol. The largest absolute Gasteiger partial charge is 0.493 e. The Hall–Kier alpha value is -2.93. The fourth-order valence-electron chi connectivity index (χ4n) is 2.48. The summed E-state index contributed by atoms with van der Waals surface area (Å²) in [6.07, 6.45) is 3.40. The lowest BCUT2D eigenvalue weighted by Gasteiger charge is -2.13. The van der Waals surface area contributed by atoms with Crippen molar-refractivity contribution < 1.29 is 18.7 Å². The topological polar surface area (TPSA) is 59.6 Å². The first kappa shape index (κ1) is 18.8. The van der Waals surface area contributed by atoms with Crippen LogP contribution in [0.1, 0.15) is 5.56 Å². The highest BCUT2D eigenvalue weighted by atomic mass is 32.2. The molecule has 3 rings (SSSR count). The summed E-state index contributed by atoms with van der Waals surface area (Å²) in [5, 5.41) is 5.75. The van der Waals surface area contributed by atoms with Gasteiger partial charge in [0.15, 0.2) is 17.0 Å². The normalized spacial score (nSPS) is 17.5. The molecule has 1 atom stereocenters. The Balaban J connectivity index is 1.74. The van der Waals surface area contributed by atoms with Crippen molar-refractivity contribution in [1.82, 2.24) is 5.32 Å². The van der Waals surface area contributed by atoms with Gasteiger partial charge in [0.2, 0.25) is 0 Å². The van der Waals surface area contributed by atoms with Crippen LogP contribution in [0, 0.1) is 5.82 Å². The summed E-state index contributed by atoms with van der Waals surface area (Å²) in [5.74, 6) is 0.572. The van der Waals surface area contributed by atoms with E-state index in [1.54, 1.807) is 49.6 Å². The molecule has 1 unspecified atom stereocenters. The van der Waals surface area contributed by atoms with Crippen molar-refractivity contribution in [2.24, 2.45) is 0 Å². The number of rotatable bonds is 7. The summed E-state index contributed by atoms with van der Waals surface area (Å²) in [6, 6.07) is 11.7. The van der Waals surface area contributed by atoms with E-state index >= 15 is 0 Å². The van der Waals surface area contributed by atoms with Crippen molar-refractivity contribution in [3.05, 3.63) is 71.4 Å². The fraction of sp³-hybridized carbons (Fsp3) is 0.150. The predicted molar refractivity (Wildman–Crippen MR) is 106 cm³/mol. The van der Waals surface area contributed by atoms with Crippen molar-refractivity contribution >= 4 is 29.4 Å². The zero-order chi connectivity index (χ0) is 19.2. The third kappa shape index (κ3) is 4.62. The number of methoxy groups -OCH3 is 1. The highest BCUT2D eigenvalue weighted by Crippen LogP contribution is 2.33. The minimum absolute atomic E-state index is 0.222. The van der Waals surface area contributed by atoms with Gasteiger partial charge in [0.1, 0.15) is 12.4 Å². The van der Waals surface area contributed by atoms with Gasteiger partial charge in [-0.05, 0) is 35.9 Å². The lowest BCUT2D eigenvalue weighted by atomic mass is 10.2. The molecule has 1 aliphatic rings. The van der Waals surface area contributed by atoms with Gasteiger partial charge in [0, 0.05) is 0 Å². The van der Waals surface area contributed by atoms with Gasteiger partial charge in [0.25, 0.3) is 5.91 Å². The summed E-state index contributed by atoms with van der Waals surface area (Å²) in [5.41, 5.74) is 0.682. The molecule has 140 valence electrons. The Labute approximate surface area is 161 Å². The summed E-state index contributed by atoms with van der Waals surface area (Å²) in [7, 11) is 1.55. The predicted octanol–water partition coefficient (Wildman–Crippen LogP) is 4.00. The van der Waals surface area contributed by atoms with E-state index in [0.717, 1.165) is 5.56 Å². The zero-order valence-electron chi connectivity index (χ0n) is 14.7. The van der Waals surface area contributed by atoms with Gasteiger partial charge in [-0.3, -0.25) is 4.79 Å². The maximum absolute atomic E-state index is 13.8. The van der Waals surface area contributed by atoms with Crippen LogP contribution in [0.15, 0.2) is 60.0 Å². The quantitative estimate of drug-likeness (QED) is 0.556. The van der Waals surface area contributed by atoms with E-state index in [4.69, 9.17) is 9.47 Å². The number of carbonyl (C=O) groups is 1. The van der Waals surface area contributed by atoms with Crippen LogP contribution in [0.4, 0.5) is 10.1 Å². The SMILES string of the molecule is C=CCOc1ccc(/C=C2\SC(Nc3ccccc3F)NC2=O)cc1OC. The summed E-state index contributed by atoms with van der Waals surface area (Å²) >= 11 is 1.29. The lowest BCUT2D eigenvalue weighted by molar-refractivity contribution is -0.116. The van der Waals surface area contributed by atoms with Crippen LogP contribution < -0.4 is 20.1 Å². The molecule has 0 bridgehead atoms. The number of ether oxygens (including phenoxy) is 2. The number of amides is 1. The molecule has 0 spiro atoms. The van der Waals surface area contributed by atoms with E-state index in [0.29, 0.717) is 28.7 Å². The Kier molecular flexibility index (Phi) is 6.03. The van der Waals surface area contributed by atoms with Crippen LogP contribution in [0.3, 0.4) is 0 Å². The number of nitrogens with one attached hydrogen (secondary N) is 2. The number of thioether (sulfide) groups is 1. The molecular formula is C20H19FN2O3S. The molecule has 2 aromatic carbocycles. The van der Waals surface area contributed by atoms with Crippen molar-refractivity contribution in [3.63, 3.8) is 0 Å². The third-order valence-corrected chi connectivity index (χ3v) is 4.76. The van der Waals surface area contributed by atoms with Crippen LogP contribution in [0.2, 0.25) is 0 Å². The Morgan fingerprint density at radius 2 is 2.11 bits per heavy atom. The molecule has 27 heavy (non-hydrogen) atoms. The maximum atomic E-state index is 13.8. The van der Waals surface area contributed by atoms with E-state index in [9.17, 15) is 9.18 Å². The molecule has 2 aromatic rings. The highest BCUT2D eigenvalue weighted by Gasteiger charge is 2.27. The molecule has 0 aromatic heterocycles. The molecule has 2 N–H and O–H groups in total. The van der Waals surface area contributed by atoms with Crippen molar-refractivity contribution in [2.45, 2.75) is 5.50 Å². The van der Waals surface area contributed by atoms with Crippen LogP contribution in [-0.2, 0) is 4.79 Å². The molecule has 0 aliphatic carbocycles. The van der Waals surface area contributed by atoms with Crippen LogP contribution in [0.5, 0.6) is 11.5 Å². The lowest BCUT2D eigenvalue weighted by Crippen LogP contribution is -2.31. The van der Waals surface area contributed by atoms with Gasteiger partial charge < -0.3 is 20.1 Å². The van der Waals surface area contributed by atoms with Crippen LogP contribution >= 0.6 is 11.8 Å². The molecule has 1 saturated heterocycles. The maximum Gasteiger partial charge on any atom is 0.260 e. The Morgan fingerprint density at radius 1 is 1.30 bits per heavy atom. The van der Waals surface area contributed by atoms with Crippen molar-refractivity contribution in [1.29, 1.82) is 0 Å². The van der Waals surface area contributed by atoms with Gasteiger partial charge in [-0.15, -0.1) is 0 Å². The number of halogens is 1. The molecule has 1 fully saturated rings. The minimum Gasteiger partial charge on any atom is -0.493 e. The summed E-state index contributed by atoms with van der Waals surface area (Å²) in [4.78, 5) is 12.7. The third-order valence-electron chi connectivity index (χ3n) is 3.73. The number of benzene rings is 2. The van der Waals surface area contributed by atoms with Gasteiger partial charge in [0.05, 0.1) is 17.7 Å². The number of hydrogen-bond acceptors (Lipinski definition) is 5. The van der Waals surface area contributed by atoms with Crippen molar-refractivity contribution in [2.75, 3.05) is 19.0 Å². The van der Waals surface area contributed by atoms with Crippen molar-refractivity contribution in [3.8, 4) is 11.5 Å². The second kappa shape index (κ2) is 8.64. The molecule has 1 amide bonds. The first-order chi connectivity index (χ1) is 13.1. The minimum atomic E-state index is -0.447. The number of anilines is 1. The Morgan fingerprint density at radius 3 is 2.85 bits per heavy atom. The number of carbonyl (C=O) groups excluding carboxylic acids is 1. The second-order valence-electron chi connectivity index (χ2n) is 5.61. The molecule has 5 nitrogen and oxygen atoms in total. The van der Waals surface area contributed by atoms with Gasteiger partial charge >= 0.3 is 0 Å². The second-order valence-corrected chi connectivity index (χ2v) is 6.76. The van der Waals surface area contributed by atoms with E-state index in [1.807, 2.05) is 6.07 Å². The van der Waals surface area contributed by atoms with E-state index in [1.165, 1.54) is 17.8 Å². The summed E-state index contributed by atoms with van der Waals surface area (Å²) in [6.45, 7) is 3.99. The molecule has 1 heterocycles. The first-order valence-electron chi connectivity index (χ1n) is 8.22. The van der Waals surface area contributed by atoms with E-state index in [-0.39, 0.29) is 11.7 Å². The Bertz CT molecular complexity index is 885. The average Bonchev–Trinajstić information content (AvgIpc) is 3.01. The number of hydrogen-bond donors (Lipinski definition) is 2. The zero-order valence-corrected chi connectivity index (χ0v) is 15.5. The van der Waals surface area contributed by atoms with Crippen LogP contribution in [0.25, 0.3) is 6.08 Å². The van der Waals surface area contributed by atoms with Gasteiger partial charge in [-0.25, -0.2) is 4.39 Å². The van der Waals surface area contributed by atoms with Gasteiger partial charge in [-0.1, -0.05) is 42.6 Å². The average molecular weight is 386 g/mol. The molecule has 0 saturated carbocycles. The fourth-order valence-corrected chi connectivity index (χ4v) is 3.45. The number of para-hydroxylation sites is 1. The molecule has 1 aliphatic heterocycles. The van der Waals surface area contributed by atoms with E-state index < -0.39 is 5.50 Å². The van der Waals surface area contributed by atoms with E-state index in [2.05, 4.69) is 17.2 Å². The standard InChI is InChI=1S/C20H19FN2O3S/c1-3-10-26-16-9-8-13(11-17(16)25-2)12-18-19(24)23-20(27-18)22-15-7-5-4-6-14(15)21/h3-9,11-12,20,22H,1,10H2,2H3,(H,23,24)/b18-12-. The summed E-state index contributed by atoms with van der Waals surface area (Å²) < 4.78 is 24.6. The first-order valence-corrected chi connectivity index (χ1v) is 9.10. The molecule has 0 radical (unpaired) electrons.